The first-order valence-electron chi connectivity index (χ1n) is 3.69. The minimum Gasteiger partial charge on any atom is -1.00 e. The number of carboxylic acids is 2. The van der Waals surface area contributed by atoms with Gasteiger partial charge in [-0.1, -0.05) is 6.07 Å². The Labute approximate surface area is 113 Å². The Hall–Kier alpha value is -1.44. The Morgan fingerprint density at radius 1 is 1.25 bits per heavy atom. The number of benzene rings is 1. The van der Waals surface area contributed by atoms with Crippen LogP contribution in [0, 0.1) is 10.1 Å². The van der Waals surface area contributed by atoms with Crippen molar-refractivity contribution in [3.8, 4) is 0 Å². The molecule has 0 aliphatic carbocycles. The van der Waals surface area contributed by atoms with Gasteiger partial charge in [-0.2, -0.15) is 0 Å². The van der Waals surface area contributed by atoms with Crippen LogP contribution in [0.5, 0.6) is 0 Å². The normalized spacial score (nSPS) is 9.00. The monoisotopic (exact) mass is 235 g/mol. The van der Waals surface area contributed by atoms with Gasteiger partial charge in [-0.25, -0.2) is 9.59 Å². The minimum atomic E-state index is -1.64. The van der Waals surface area contributed by atoms with Gasteiger partial charge in [-0.15, -0.1) is 0 Å². The van der Waals surface area contributed by atoms with Crippen LogP contribution >= 0.6 is 0 Å². The molecule has 1 aromatic carbocycles. The molecule has 7 nitrogen and oxygen atoms in total. The zero-order valence-corrected chi connectivity index (χ0v) is 10.2. The van der Waals surface area contributed by atoms with E-state index in [-0.39, 0.29) is 31.0 Å². The number of nitrogens with zero attached hydrogens (tertiary/aromatic N) is 1. The van der Waals surface area contributed by atoms with E-state index < -0.39 is 33.7 Å². The van der Waals surface area contributed by atoms with Crippen LogP contribution in [0.3, 0.4) is 0 Å². The smallest absolute Gasteiger partial charge is 1.00 e. The fraction of sp³-hybridized carbons (Fsp3) is 0. The third-order valence-electron chi connectivity index (χ3n) is 1.68. The summed E-state index contributed by atoms with van der Waals surface area (Å²) >= 11 is 0. The molecule has 0 heterocycles. The van der Waals surface area contributed by atoms with Crippen molar-refractivity contribution in [1.29, 1.82) is 0 Å². The summed E-state index contributed by atoms with van der Waals surface area (Å²) in [4.78, 5) is 30.8. The predicted octanol–water partition coefficient (Wildman–Crippen LogP) is -1.89. The van der Waals surface area contributed by atoms with Crippen molar-refractivity contribution in [2.45, 2.75) is 0 Å². The van der Waals surface area contributed by atoms with E-state index in [9.17, 15) is 19.7 Å². The van der Waals surface area contributed by atoms with Crippen molar-refractivity contribution in [3.63, 3.8) is 0 Å². The maximum absolute atomic E-state index is 10.7. The molecule has 0 fully saturated rings. The molecule has 0 saturated carbocycles. The van der Waals surface area contributed by atoms with Gasteiger partial charge in [-0.3, -0.25) is 10.1 Å². The van der Waals surface area contributed by atoms with Gasteiger partial charge in [0.25, 0.3) is 5.69 Å². The SMILES string of the molecule is O=C(O)c1cccc([N+](=O)[O-])c1C(=O)O.[H-].[Na+]. The first-order chi connectivity index (χ1) is 6.95. The van der Waals surface area contributed by atoms with Crippen LogP contribution in [0.4, 0.5) is 5.69 Å². The molecular weight excluding hydrogens is 229 g/mol. The summed E-state index contributed by atoms with van der Waals surface area (Å²) in [7, 11) is 0. The van der Waals surface area contributed by atoms with Gasteiger partial charge < -0.3 is 11.6 Å². The summed E-state index contributed by atoms with van der Waals surface area (Å²) in [5.41, 5.74) is -2.14. The van der Waals surface area contributed by atoms with E-state index >= 15 is 0 Å². The number of hydrogen-bond donors (Lipinski definition) is 2. The molecule has 0 aliphatic rings. The number of nitro groups is 1. The molecule has 0 amide bonds. The Kier molecular flexibility index (Phi) is 5.09. The van der Waals surface area contributed by atoms with Crippen LogP contribution in [0.1, 0.15) is 22.1 Å². The van der Waals surface area contributed by atoms with E-state index in [0.29, 0.717) is 0 Å². The zero-order valence-electron chi connectivity index (χ0n) is 9.21. The maximum Gasteiger partial charge on any atom is 1.00 e. The number of carbonyl (C=O) groups is 2. The number of nitro benzene ring substituents is 1. The molecule has 0 aromatic heterocycles. The fourth-order valence-electron chi connectivity index (χ4n) is 1.10. The Morgan fingerprint density at radius 3 is 2.19 bits per heavy atom. The van der Waals surface area contributed by atoms with Crippen molar-refractivity contribution >= 4 is 17.6 Å². The number of aromatic carboxylic acids is 2. The second kappa shape index (κ2) is 5.59. The largest absolute Gasteiger partial charge is 1.00 e. The second-order valence-corrected chi connectivity index (χ2v) is 2.57. The van der Waals surface area contributed by atoms with Crippen LogP contribution < -0.4 is 29.6 Å². The topological polar surface area (TPSA) is 118 Å². The van der Waals surface area contributed by atoms with Crippen molar-refractivity contribution in [2.24, 2.45) is 0 Å². The van der Waals surface area contributed by atoms with Gasteiger partial charge in [0.15, 0.2) is 5.56 Å². The Balaban J connectivity index is 0. The van der Waals surface area contributed by atoms with Crippen LogP contribution in [0.2, 0.25) is 0 Å². The summed E-state index contributed by atoms with van der Waals surface area (Å²) in [5, 5.41) is 27.8. The number of hydrogen-bond acceptors (Lipinski definition) is 4. The molecule has 80 valence electrons. The summed E-state index contributed by atoms with van der Waals surface area (Å²) < 4.78 is 0. The first-order valence-corrected chi connectivity index (χ1v) is 3.69. The average Bonchev–Trinajstić information content (AvgIpc) is 2.16. The third kappa shape index (κ3) is 2.78. The van der Waals surface area contributed by atoms with Crippen LogP contribution in [-0.4, -0.2) is 27.1 Å². The van der Waals surface area contributed by atoms with E-state index in [1.54, 1.807) is 0 Å². The van der Waals surface area contributed by atoms with E-state index in [1.165, 1.54) is 0 Å². The van der Waals surface area contributed by atoms with Gasteiger partial charge in [-0.05, 0) is 6.07 Å². The molecule has 0 aliphatic heterocycles. The van der Waals surface area contributed by atoms with Gasteiger partial charge in [0.05, 0.1) is 10.5 Å². The van der Waals surface area contributed by atoms with Gasteiger partial charge >= 0.3 is 41.5 Å². The Morgan fingerprint density at radius 2 is 1.81 bits per heavy atom. The predicted molar refractivity (Wildman–Crippen MR) is 48.1 cm³/mol. The molecule has 2 N–H and O–H groups in total. The maximum atomic E-state index is 10.7. The van der Waals surface area contributed by atoms with E-state index in [4.69, 9.17) is 10.2 Å². The van der Waals surface area contributed by atoms with Gasteiger partial charge in [0.1, 0.15) is 0 Å². The number of carboxylic acid groups (broad SMARTS) is 2. The first kappa shape index (κ1) is 14.6. The molecule has 16 heavy (non-hydrogen) atoms. The zero-order chi connectivity index (χ0) is 11.6. The quantitative estimate of drug-likeness (QED) is 0.359. The van der Waals surface area contributed by atoms with Crippen molar-refractivity contribution in [3.05, 3.63) is 39.4 Å². The minimum absolute atomic E-state index is 0. The second-order valence-electron chi connectivity index (χ2n) is 2.57. The van der Waals surface area contributed by atoms with Crippen LogP contribution in [-0.2, 0) is 0 Å². The van der Waals surface area contributed by atoms with E-state index in [0.717, 1.165) is 18.2 Å². The fourth-order valence-corrected chi connectivity index (χ4v) is 1.10. The number of rotatable bonds is 3. The molecule has 0 unspecified atom stereocenters. The molecule has 0 bridgehead atoms. The molecule has 0 atom stereocenters. The summed E-state index contributed by atoms with van der Waals surface area (Å²) in [6.07, 6.45) is 0. The van der Waals surface area contributed by atoms with E-state index in [2.05, 4.69) is 0 Å². The van der Waals surface area contributed by atoms with E-state index in [1.807, 2.05) is 0 Å². The molecule has 0 spiro atoms. The van der Waals surface area contributed by atoms with Crippen molar-refractivity contribution in [2.75, 3.05) is 0 Å². The van der Waals surface area contributed by atoms with Gasteiger partial charge in [0.2, 0.25) is 0 Å². The van der Waals surface area contributed by atoms with Crippen LogP contribution in [0.15, 0.2) is 18.2 Å². The summed E-state index contributed by atoms with van der Waals surface area (Å²) in [6.45, 7) is 0. The third-order valence-corrected chi connectivity index (χ3v) is 1.68. The van der Waals surface area contributed by atoms with Gasteiger partial charge in [0, 0.05) is 6.07 Å². The average molecular weight is 235 g/mol. The molecule has 0 radical (unpaired) electrons. The molecule has 1 aromatic rings. The van der Waals surface area contributed by atoms with Crippen molar-refractivity contribution in [1.82, 2.24) is 0 Å². The Bertz CT molecular complexity index is 431. The molecule has 0 saturated heterocycles. The van der Waals surface area contributed by atoms with Crippen LogP contribution in [0.25, 0.3) is 0 Å². The summed E-state index contributed by atoms with van der Waals surface area (Å²) in [6, 6.07) is 3.06. The molecular formula is C8H6NNaO6. The molecule has 8 heteroatoms. The summed E-state index contributed by atoms with van der Waals surface area (Å²) in [5.74, 6) is -3.16. The standard InChI is InChI=1S/C8H5NO6.Na.H/c10-7(11)4-2-1-3-5(9(14)15)6(4)8(12)13;;/h1-3H,(H,10,11)(H,12,13);;/q;+1;-1. The molecule has 1 rings (SSSR count). The van der Waals surface area contributed by atoms with Crippen molar-refractivity contribution < 1.29 is 55.7 Å².